The van der Waals surface area contributed by atoms with Gasteiger partial charge in [-0.2, -0.15) is 0 Å². The molecule has 0 amide bonds. The topological polar surface area (TPSA) is 24.9 Å². The van der Waals surface area contributed by atoms with E-state index in [4.69, 9.17) is 0 Å². The van der Waals surface area contributed by atoms with Gasteiger partial charge >= 0.3 is 0 Å². The quantitative estimate of drug-likeness (QED) is 0.827. The van der Waals surface area contributed by atoms with E-state index in [1.165, 1.54) is 0 Å². The van der Waals surface area contributed by atoms with Crippen LogP contribution in [0.15, 0.2) is 48.7 Å². The molecule has 0 atom stereocenters. The standard InChI is InChI=1S/C16H16N2/c1-2-12-18-16-9-4-3-7-14(16)10-11-15-8-5-6-13-17-15/h3-9,13,18H,2,12H2,1H3. The van der Waals surface area contributed by atoms with Crippen LogP contribution in [-0.2, 0) is 0 Å². The summed E-state index contributed by atoms with van der Waals surface area (Å²) in [6, 6.07) is 13.8. The third-order valence-electron chi connectivity index (χ3n) is 2.48. The number of nitrogens with zero attached hydrogens (tertiary/aromatic N) is 1. The molecule has 90 valence electrons. The van der Waals surface area contributed by atoms with Gasteiger partial charge in [0.1, 0.15) is 5.69 Å². The van der Waals surface area contributed by atoms with Gasteiger partial charge in [0.05, 0.1) is 0 Å². The number of anilines is 1. The highest BCUT2D eigenvalue weighted by molar-refractivity contribution is 5.59. The summed E-state index contributed by atoms with van der Waals surface area (Å²) in [5, 5.41) is 3.38. The molecule has 2 aromatic rings. The molecule has 0 bridgehead atoms. The molecule has 0 spiro atoms. The highest BCUT2D eigenvalue weighted by Crippen LogP contribution is 2.13. The van der Waals surface area contributed by atoms with Gasteiger partial charge in [0.15, 0.2) is 0 Å². The first kappa shape index (κ1) is 12.2. The van der Waals surface area contributed by atoms with Crippen LogP contribution in [0.1, 0.15) is 24.6 Å². The zero-order valence-electron chi connectivity index (χ0n) is 10.5. The van der Waals surface area contributed by atoms with Crippen LogP contribution in [0, 0.1) is 11.8 Å². The number of nitrogens with one attached hydrogen (secondary N) is 1. The summed E-state index contributed by atoms with van der Waals surface area (Å²) < 4.78 is 0. The van der Waals surface area contributed by atoms with E-state index >= 15 is 0 Å². The Hall–Kier alpha value is -2.27. The Morgan fingerprint density at radius 1 is 1.06 bits per heavy atom. The highest BCUT2D eigenvalue weighted by atomic mass is 14.9. The largest absolute Gasteiger partial charge is 0.384 e. The van der Waals surface area contributed by atoms with E-state index in [-0.39, 0.29) is 0 Å². The molecular weight excluding hydrogens is 220 g/mol. The van der Waals surface area contributed by atoms with Gasteiger partial charge in [-0.1, -0.05) is 31.0 Å². The molecule has 0 aliphatic rings. The molecule has 1 aromatic heterocycles. The van der Waals surface area contributed by atoms with Gasteiger partial charge in [0.25, 0.3) is 0 Å². The van der Waals surface area contributed by atoms with Crippen molar-refractivity contribution in [2.75, 3.05) is 11.9 Å². The molecular formula is C16H16N2. The van der Waals surface area contributed by atoms with Crippen LogP contribution in [0.2, 0.25) is 0 Å². The number of rotatable bonds is 3. The molecule has 1 N–H and O–H groups in total. The Balaban J connectivity index is 2.21. The van der Waals surface area contributed by atoms with Gasteiger partial charge in [0.2, 0.25) is 0 Å². The lowest BCUT2D eigenvalue weighted by Crippen LogP contribution is -2.01. The van der Waals surface area contributed by atoms with Gasteiger partial charge in [-0.3, -0.25) is 0 Å². The molecule has 2 rings (SSSR count). The molecule has 0 unspecified atom stereocenters. The Kier molecular flexibility index (Phi) is 4.38. The first-order valence-corrected chi connectivity index (χ1v) is 6.16. The van der Waals surface area contributed by atoms with Crippen molar-refractivity contribution in [1.82, 2.24) is 4.98 Å². The van der Waals surface area contributed by atoms with Crippen molar-refractivity contribution < 1.29 is 0 Å². The summed E-state index contributed by atoms with van der Waals surface area (Å²) >= 11 is 0. The van der Waals surface area contributed by atoms with Crippen LogP contribution in [0.3, 0.4) is 0 Å². The minimum absolute atomic E-state index is 0.794. The van der Waals surface area contributed by atoms with E-state index < -0.39 is 0 Å². The molecule has 18 heavy (non-hydrogen) atoms. The van der Waals surface area contributed by atoms with Crippen LogP contribution in [0.5, 0.6) is 0 Å². The average Bonchev–Trinajstić information content (AvgIpc) is 2.45. The van der Waals surface area contributed by atoms with E-state index in [0.717, 1.165) is 29.9 Å². The van der Waals surface area contributed by atoms with Crippen molar-refractivity contribution in [2.24, 2.45) is 0 Å². The number of hydrogen-bond donors (Lipinski definition) is 1. The number of pyridine rings is 1. The minimum Gasteiger partial charge on any atom is -0.384 e. The van der Waals surface area contributed by atoms with E-state index in [1.54, 1.807) is 6.20 Å². The first-order chi connectivity index (χ1) is 8.90. The highest BCUT2D eigenvalue weighted by Gasteiger charge is 1.96. The van der Waals surface area contributed by atoms with E-state index in [2.05, 4.69) is 35.1 Å². The second-order valence-electron chi connectivity index (χ2n) is 3.94. The summed E-state index contributed by atoms with van der Waals surface area (Å²) in [7, 11) is 0. The molecule has 1 aromatic carbocycles. The molecule has 2 nitrogen and oxygen atoms in total. The Labute approximate surface area is 108 Å². The zero-order chi connectivity index (χ0) is 12.6. The van der Waals surface area contributed by atoms with Crippen LogP contribution >= 0.6 is 0 Å². The predicted octanol–water partition coefficient (Wildman–Crippen LogP) is 3.30. The summed E-state index contributed by atoms with van der Waals surface area (Å²) in [5.41, 5.74) is 2.89. The summed E-state index contributed by atoms with van der Waals surface area (Å²) in [5.74, 6) is 6.24. The predicted molar refractivity (Wildman–Crippen MR) is 75.4 cm³/mol. The molecule has 0 aliphatic carbocycles. The molecule has 0 saturated heterocycles. The number of benzene rings is 1. The SMILES string of the molecule is CCCNc1ccccc1C#Cc1ccccn1. The Morgan fingerprint density at radius 2 is 1.89 bits per heavy atom. The van der Waals surface area contributed by atoms with Crippen LogP contribution in [0.25, 0.3) is 0 Å². The molecule has 0 fully saturated rings. The molecule has 1 heterocycles. The molecule has 2 heteroatoms. The lowest BCUT2D eigenvalue weighted by atomic mass is 10.1. The normalized spacial score (nSPS) is 9.39. The van der Waals surface area contributed by atoms with Crippen molar-refractivity contribution in [3.63, 3.8) is 0 Å². The molecule has 0 aliphatic heterocycles. The van der Waals surface area contributed by atoms with E-state index in [1.807, 2.05) is 36.4 Å². The van der Waals surface area contributed by atoms with Gasteiger partial charge in [-0.15, -0.1) is 0 Å². The lowest BCUT2D eigenvalue weighted by molar-refractivity contribution is 0.979. The van der Waals surface area contributed by atoms with Crippen molar-refractivity contribution in [2.45, 2.75) is 13.3 Å². The van der Waals surface area contributed by atoms with Gasteiger partial charge < -0.3 is 5.32 Å². The fourth-order valence-electron chi connectivity index (χ4n) is 1.57. The van der Waals surface area contributed by atoms with Crippen LogP contribution in [-0.4, -0.2) is 11.5 Å². The monoisotopic (exact) mass is 236 g/mol. The zero-order valence-corrected chi connectivity index (χ0v) is 10.5. The van der Waals surface area contributed by atoms with Crippen LogP contribution in [0.4, 0.5) is 5.69 Å². The minimum atomic E-state index is 0.794. The number of para-hydroxylation sites is 1. The van der Waals surface area contributed by atoms with Gasteiger partial charge in [0, 0.05) is 24.0 Å². The van der Waals surface area contributed by atoms with E-state index in [9.17, 15) is 0 Å². The maximum absolute atomic E-state index is 4.19. The van der Waals surface area contributed by atoms with E-state index in [0.29, 0.717) is 0 Å². The fraction of sp³-hybridized carbons (Fsp3) is 0.188. The second kappa shape index (κ2) is 6.46. The fourth-order valence-corrected chi connectivity index (χ4v) is 1.57. The van der Waals surface area contributed by atoms with Crippen molar-refractivity contribution >= 4 is 5.69 Å². The third-order valence-corrected chi connectivity index (χ3v) is 2.48. The summed E-state index contributed by atoms with van der Waals surface area (Å²) in [6.07, 6.45) is 2.85. The lowest BCUT2D eigenvalue weighted by Gasteiger charge is -2.06. The van der Waals surface area contributed by atoms with Gasteiger partial charge in [-0.05, 0) is 36.6 Å². The van der Waals surface area contributed by atoms with Crippen molar-refractivity contribution in [3.05, 3.63) is 59.9 Å². The number of hydrogen-bond acceptors (Lipinski definition) is 2. The third kappa shape index (κ3) is 3.36. The maximum atomic E-state index is 4.19. The van der Waals surface area contributed by atoms with Gasteiger partial charge in [-0.25, -0.2) is 4.98 Å². The molecule has 0 saturated carbocycles. The Morgan fingerprint density at radius 3 is 2.67 bits per heavy atom. The maximum Gasteiger partial charge on any atom is 0.113 e. The average molecular weight is 236 g/mol. The van der Waals surface area contributed by atoms with Crippen molar-refractivity contribution in [1.29, 1.82) is 0 Å². The Bertz CT molecular complexity index is 550. The molecule has 0 radical (unpaired) electrons. The second-order valence-corrected chi connectivity index (χ2v) is 3.94. The first-order valence-electron chi connectivity index (χ1n) is 6.16. The summed E-state index contributed by atoms with van der Waals surface area (Å²) in [6.45, 7) is 3.11. The summed E-state index contributed by atoms with van der Waals surface area (Å²) in [4.78, 5) is 4.19. The smallest absolute Gasteiger partial charge is 0.113 e. The van der Waals surface area contributed by atoms with Crippen molar-refractivity contribution in [3.8, 4) is 11.8 Å². The number of aromatic nitrogens is 1. The van der Waals surface area contributed by atoms with Crippen LogP contribution < -0.4 is 5.32 Å².